The van der Waals surface area contributed by atoms with Gasteiger partial charge in [-0.15, -0.1) is 11.3 Å². The Morgan fingerprint density at radius 1 is 1.40 bits per heavy atom. The smallest absolute Gasteiger partial charge is 0.147 e. The second-order valence-electron chi connectivity index (χ2n) is 4.02. The van der Waals surface area contributed by atoms with Gasteiger partial charge in [0.05, 0.1) is 10.2 Å². The highest BCUT2D eigenvalue weighted by molar-refractivity contribution is 7.17. The van der Waals surface area contributed by atoms with E-state index in [0.717, 1.165) is 23.8 Å². The van der Waals surface area contributed by atoms with Crippen molar-refractivity contribution in [2.75, 3.05) is 11.9 Å². The van der Waals surface area contributed by atoms with E-state index in [1.165, 1.54) is 24.0 Å². The van der Waals surface area contributed by atoms with Gasteiger partial charge in [-0.05, 0) is 23.8 Å². The lowest BCUT2D eigenvalue weighted by Crippen LogP contribution is -2.04. The molecule has 0 spiro atoms. The van der Waals surface area contributed by atoms with Crippen LogP contribution in [0.3, 0.4) is 0 Å². The first-order valence-corrected chi connectivity index (χ1v) is 6.23. The molecule has 78 valence electrons. The fourth-order valence-electron chi connectivity index (χ4n) is 1.72. The number of nitrogens with one attached hydrogen (secondary N) is 1. The first-order chi connectivity index (χ1) is 7.43. The number of thiophene rings is 1. The van der Waals surface area contributed by atoms with Crippen LogP contribution in [0.25, 0.3) is 10.2 Å². The van der Waals surface area contributed by atoms with Crippen molar-refractivity contribution in [2.45, 2.75) is 19.3 Å². The van der Waals surface area contributed by atoms with E-state index in [9.17, 15) is 0 Å². The van der Waals surface area contributed by atoms with Crippen molar-refractivity contribution in [1.82, 2.24) is 9.97 Å². The molecule has 2 aromatic rings. The molecule has 15 heavy (non-hydrogen) atoms. The summed E-state index contributed by atoms with van der Waals surface area (Å²) in [6.45, 7) is 1.04. The number of aromatic nitrogens is 2. The zero-order valence-electron chi connectivity index (χ0n) is 8.44. The van der Waals surface area contributed by atoms with Crippen LogP contribution in [0.1, 0.15) is 19.3 Å². The predicted molar refractivity (Wildman–Crippen MR) is 63.2 cm³/mol. The van der Waals surface area contributed by atoms with Gasteiger partial charge in [0.1, 0.15) is 12.1 Å². The first-order valence-electron chi connectivity index (χ1n) is 5.35. The number of hydrogen-bond acceptors (Lipinski definition) is 4. The molecule has 1 N–H and O–H groups in total. The topological polar surface area (TPSA) is 37.8 Å². The molecule has 4 heteroatoms. The number of hydrogen-bond donors (Lipinski definition) is 1. The molecule has 0 amide bonds. The quantitative estimate of drug-likeness (QED) is 0.859. The molecular weight excluding hydrogens is 206 g/mol. The zero-order chi connectivity index (χ0) is 10.1. The molecule has 0 saturated heterocycles. The summed E-state index contributed by atoms with van der Waals surface area (Å²) in [6, 6.07) is 2.04. The van der Waals surface area contributed by atoms with Gasteiger partial charge in [0.2, 0.25) is 0 Å². The summed E-state index contributed by atoms with van der Waals surface area (Å²) in [5, 5.41) is 5.47. The molecule has 0 bridgehead atoms. The summed E-state index contributed by atoms with van der Waals surface area (Å²) in [5.41, 5.74) is 1.05. The Morgan fingerprint density at radius 2 is 2.33 bits per heavy atom. The Bertz CT molecular complexity index is 462. The SMILES string of the molecule is c1nc(NCCC2CC2)c2sccc2n1. The van der Waals surface area contributed by atoms with Gasteiger partial charge >= 0.3 is 0 Å². The number of fused-ring (bicyclic) bond motifs is 1. The van der Waals surface area contributed by atoms with Crippen LogP contribution in [0, 0.1) is 5.92 Å². The standard InChI is InChI=1S/C11H13N3S/c1-2-8(1)3-5-12-11-10-9(4-6-15-10)13-7-14-11/h4,6-8H,1-3,5H2,(H,12,13,14). The van der Waals surface area contributed by atoms with E-state index in [-0.39, 0.29) is 0 Å². The van der Waals surface area contributed by atoms with E-state index in [1.807, 2.05) is 6.07 Å². The van der Waals surface area contributed by atoms with E-state index in [2.05, 4.69) is 20.7 Å². The minimum Gasteiger partial charge on any atom is -0.369 e. The van der Waals surface area contributed by atoms with Crippen LogP contribution in [0.15, 0.2) is 17.8 Å². The lowest BCUT2D eigenvalue weighted by molar-refractivity contribution is 0.759. The largest absolute Gasteiger partial charge is 0.369 e. The molecule has 0 unspecified atom stereocenters. The molecule has 0 radical (unpaired) electrons. The van der Waals surface area contributed by atoms with Gasteiger partial charge < -0.3 is 5.32 Å². The molecule has 0 aliphatic heterocycles. The maximum Gasteiger partial charge on any atom is 0.147 e. The third kappa shape index (κ3) is 1.95. The van der Waals surface area contributed by atoms with Crippen LogP contribution in [0.5, 0.6) is 0 Å². The lowest BCUT2D eigenvalue weighted by atomic mass is 10.3. The predicted octanol–water partition coefficient (Wildman–Crippen LogP) is 2.90. The molecule has 1 aliphatic rings. The molecule has 1 aliphatic carbocycles. The number of nitrogens with zero attached hydrogens (tertiary/aromatic N) is 2. The molecule has 0 aromatic carbocycles. The highest BCUT2D eigenvalue weighted by Gasteiger charge is 2.20. The second kappa shape index (κ2) is 3.77. The Labute approximate surface area is 92.6 Å². The third-order valence-corrected chi connectivity index (χ3v) is 3.70. The first kappa shape index (κ1) is 9.09. The van der Waals surface area contributed by atoms with Gasteiger partial charge in [-0.1, -0.05) is 12.8 Å². The van der Waals surface area contributed by atoms with Gasteiger partial charge in [0.25, 0.3) is 0 Å². The lowest BCUT2D eigenvalue weighted by Gasteiger charge is -2.04. The minimum absolute atomic E-state index is 0.971. The van der Waals surface area contributed by atoms with Crippen molar-refractivity contribution in [1.29, 1.82) is 0 Å². The van der Waals surface area contributed by atoms with Gasteiger partial charge in [-0.2, -0.15) is 0 Å². The number of anilines is 1. The molecular formula is C11H13N3S. The molecule has 1 saturated carbocycles. The Kier molecular flexibility index (Phi) is 2.29. The maximum absolute atomic E-state index is 4.28. The Balaban J connectivity index is 1.74. The average Bonchev–Trinajstić information content (AvgIpc) is 2.95. The van der Waals surface area contributed by atoms with E-state index in [0.29, 0.717) is 0 Å². The van der Waals surface area contributed by atoms with Crippen LogP contribution in [0.2, 0.25) is 0 Å². The summed E-state index contributed by atoms with van der Waals surface area (Å²) < 4.78 is 1.17. The summed E-state index contributed by atoms with van der Waals surface area (Å²) in [4.78, 5) is 8.50. The highest BCUT2D eigenvalue weighted by Crippen LogP contribution is 2.32. The van der Waals surface area contributed by atoms with Crippen molar-refractivity contribution < 1.29 is 0 Å². The third-order valence-electron chi connectivity index (χ3n) is 2.79. The van der Waals surface area contributed by atoms with E-state index in [1.54, 1.807) is 17.7 Å². The fourth-order valence-corrected chi connectivity index (χ4v) is 2.53. The molecule has 0 atom stereocenters. The normalized spacial score (nSPS) is 15.7. The van der Waals surface area contributed by atoms with Crippen LogP contribution in [-0.2, 0) is 0 Å². The molecule has 2 aromatic heterocycles. The van der Waals surface area contributed by atoms with Crippen LogP contribution in [-0.4, -0.2) is 16.5 Å². The average molecular weight is 219 g/mol. The molecule has 3 rings (SSSR count). The van der Waals surface area contributed by atoms with Crippen molar-refractivity contribution in [3.05, 3.63) is 17.8 Å². The van der Waals surface area contributed by atoms with Gasteiger partial charge in [-0.25, -0.2) is 9.97 Å². The van der Waals surface area contributed by atoms with Crippen LogP contribution in [0.4, 0.5) is 5.82 Å². The van der Waals surface area contributed by atoms with Crippen molar-refractivity contribution >= 4 is 27.4 Å². The Morgan fingerprint density at radius 3 is 3.20 bits per heavy atom. The minimum atomic E-state index is 0.971. The molecule has 3 nitrogen and oxygen atoms in total. The molecule has 2 heterocycles. The monoisotopic (exact) mass is 219 g/mol. The van der Waals surface area contributed by atoms with Crippen molar-refractivity contribution in [2.24, 2.45) is 5.92 Å². The zero-order valence-corrected chi connectivity index (χ0v) is 9.26. The van der Waals surface area contributed by atoms with E-state index < -0.39 is 0 Å². The molecule has 1 fully saturated rings. The summed E-state index contributed by atoms with van der Waals surface area (Å²) in [5.74, 6) is 1.97. The van der Waals surface area contributed by atoms with Crippen LogP contribution < -0.4 is 5.32 Å². The number of rotatable bonds is 4. The Hall–Kier alpha value is -1.16. The van der Waals surface area contributed by atoms with Crippen molar-refractivity contribution in [3.63, 3.8) is 0 Å². The summed E-state index contributed by atoms with van der Waals surface area (Å²) >= 11 is 1.70. The van der Waals surface area contributed by atoms with E-state index in [4.69, 9.17) is 0 Å². The fraction of sp³-hybridized carbons (Fsp3) is 0.455. The second-order valence-corrected chi connectivity index (χ2v) is 4.93. The summed E-state index contributed by atoms with van der Waals surface area (Å²) in [7, 11) is 0. The maximum atomic E-state index is 4.28. The van der Waals surface area contributed by atoms with Gasteiger partial charge in [0.15, 0.2) is 0 Å². The van der Waals surface area contributed by atoms with Crippen LogP contribution >= 0.6 is 11.3 Å². The highest BCUT2D eigenvalue weighted by atomic mass is 32.1. The van der Waals surface area contributed by atoms with Gasteiger partial charge in [0, 0.05) is 6.54 Å². The van der Waals surface area contributed by atoms with Crippen molar-refractivity contribution in [3.8, 4) is 0 Å². The van der Waals surface area contributed by atoms with Gasteiger partial charge in [-0.3, -0.25) is 0 Å². The van der Waals surface area contributed by atoms with E-state index >= 15 is 0 Å². The summed E-state index contributed by atoms with van der Waals surface area (Å²) in [6.07, 6.45) is 5.74.